The van der Waals surface area contributed by atoms with Crippen molar-refractivity contribution in [1.82, 2.24) is 24.3 Å². The highest BCUT2D eigenvalue weighted by Crippen LogP contribution is 2.31. The average molecular weight is 620 g/mol. The summed E-state index contributed by atoms with van der Waals surface area (Å²) in [6, 6.07) is 19.1. The maximum atomic E-state index is 13.4. The molecule has 1 aliphatic carbocycles. The van der Waals surface area contributed by atoms with E-state index in [4.69, 9.17) is 0 Å². The standard InChI is InChI=1S/C33H29F4N5OS/c1-2-41-29(18-21-6-10-23(11-7-21)24-12-14-25(15-13-24)33(35,36)37)39-40-30(41)19-42-28-5-3-4-27(28)31(43)38-32(42)44-20-22-8-16-26(34)17-9-22/h6-17H,2-5,18-20H2,1H3. The molecular formula is C33H29F4N5OS. The van der Waals surface area contributed by atoms with Crippen LogP contribution in [0.25, 0.3) is 11.1 Å². The molecule has 2 heterocycles. The molecular weight excluding hydrogens is 590 g/mol. The fourth-order valence-electron chi connectivity index (χ4n) is 5.56. The van der Waals surface area contributed by atoms with E-state index in [1.54, 1.807) is 12.1 Å². The first-order chi connectivity index (χ1) is 21.2. The van der Waals surface area contributed by atoms with Crippen LogP contribution < -0.4 is 5.56 Å². The van der Waals surface area contributed by atoms with Gasteiger partial charge in [-0.1, -0.05) is 60.3 Å². The van der Waals surface area contributed by atoms with Gasteiger partial charge >= 0.3 is 6.18 Å². The molecule has 2 aromatic heterocycles. The Kier molecular flexibility index (Phi) is 8.40. The van der Waals surface area contributed by atoms with Crippen molar-refractivity contribution in [3.63, 3.8) is 0 Å². The molecule has 0 fully saturated rings. The summed E-state index contributed by atoms with van der Waals surface area (Å²) >= 11 is 1.45. The van der Waals surface area contributed by atoms with Gasteiger partial charge in [-0.05, 0) is 72.7 Å². The lowest BCUT2D eigenvalue weighted by Gasteiger charge is -2.17. The molecule has 44 heavy (non-hydrogen) atoms. The SMILES string of the molecule is CCn1c(Cc2ccc(-c3ccc(C(F)(F)F)cc3)cc2)nnc1Cn1c(SCc2ccc(F)cc2)nc(=O)c2c1CCC2. The van der Waals surface area contributed by atoms with Crippen LogP contribution in [0, 0.1) is 5.82 Å². The van der Waals surface area contributed by atoms with E-state index in [1.165, 1.54) is 36.0 Å². The van der Waals surface area contributed by atoms with Gasteiger partial charge in [-0.2, -0.15) is 18.2 Å². The van der Waals surface area contributed by atoms with Gasteiger partial charge in [0.2, 0.25) is 0 Å². The van der Waals surface area contributed by atoms with Crippen LogP contribution in [0.15, 0.2) is 82.7 Å². The highest BCUT2D eigenvalue weighted by molar-refractivity contribution is 7.98. The third kappa shape index (κ3) is 6.33. The van der Waals surface area contributed by atoms with E-state index in [1.807, 2.05) is 31.2 Å². The molecule has 226 valence electrons. The van der Waals surface area contributed by atoms with E-state index >= 15 is 0 Å². The van der Waals surface area contributed by atoms with E-state index in [2.05, 4.69) is 24.3 Å². The Morgan fingerprint density at radius 3 is 2.11 bits per heavy atom. The molecule has 6 nitrogen and oxygen atoms in total. The van der Waals surface area contributed by atoms with Crippen molar-refractivity contribution in [3.05, 3.63) is 129 Å². The van der Waals surface area contributed by atoms with Gasteiger partial charge in [0.05, 0.1) is 12.1 Å². The second-order valence-corrected chi connectivity index (χ2v) is 11.6. The molecule has 0 saturated heterocycles. The number of hydrogen-bond donors (Lipinski definition) is 0. The minimum Gasteiger partial charge on any atom is -0.316 e. The lowest BCUT2D eigenvalue weighted by molar-refractivity contribution is -0.137. The zero-order valence-electron chi connectivity index (χ0n) is 23.9. The van der Waals surface area contributed by atoms with E-state index < -0.39 is 11.7 Å². The minimum atomic E-state index is -4.37. The first-order valence-electron chi connectivity index (χ1n) is 14.4. The molecule has 11 heteroatoms. The van der Waals surface area contributed by atoms with Crippen molar-refractivity contribution >= 4 is 11.8 Å². The van der Waals surface area contributed by atoms with Crippen LogP contribution in [0.4, 0.5) is 17.6 Å². The first kappa shape index (κ1) is 29.8. The van der Waals surface area contributed by atoms with Gasteiger partial charge in [0.15, 0.2) is 11.0 Å². The van der Waals surface area contributed by atoms with E-state index in [-0.39, 0.29) is 11.4 Å². The zero-order chi connectivity index (χ0) is 30.8. The molecule has 0 N–H and O–H groups in total. The fourth-order valence-corrected chi connectivity index (χ4v) is 6.53. The maximum Gasteiger partial charge on any atom is 0.416 e. The maximum absolute atomic E-state index is 13.4. The predicted molar refractivity (Wildman–Crippen MR) is 161 cm³/mol. The van der Waals surface area contributed by atoms with Gasteiger partial charge in [0, 0.05) is 30.0 Å². The predicted octanol–water partition coefficient (Wildman–Crippen LogP) is 7.10. The van der Waals surface area contributed by atoms with E-state index in [0.29, 0.717) is 42.4 Å². The second kappa shape index (κ2) is 12.4. The van der Waals surface area contributed by atoms with Gasteiger partial charge in [-0.15, -0.1) is 10.2 Å². The monoisotopic (exact) mass is 619 g/mol. The summed E-state index contributed by atoms with van der Waals surface area (Å²) in [6.07, 6.45) is -1.45. The van der Waals surface area contributed by atoms with Crippen molar-refractivity contribution in [1.29, 1.82) is 0 Å². The van der Waals surface area contributed by atoms with Crippen molar-refractivity contribution in [3.8, 4) is 11.1 Å². The van der Waals surface area contributed by atoms with Crippen molar-refractivity contribution in [2.75, 3.05) is 0 Å². The number of alkyl halides is 3. The molecule has 0 aliphatic heterocycles. The highest BCUT2D eigenvalue weighted by atomic mass is 32.2. The summed E-state index contributed by atoms with van der Waals surface area (Å²) in [4.78, 5) is 17.3. The third-order valence-electron chi connectivity index (χ3n) is 7.86. The number of fused-ring (bicyclic) bond motifs is 1. The topological polar surface area (TPSA) is 65.6 Å². The molecule has 3 aromatic carbocycles. The van der Waals surface area contributed by atoms with Crippen LogP contribution in [0.1, 0.15) is 52.9 Å². The summed E-state index contributed by atoms with van der Waals surface area (Å²) in [5.41, 5.74) is 4.34. The number of rotatable bonds is 9. The van der Waals surface area contributed by atoms with Gasteiger partial charge in [-0.3, -0.25) is 4.79 Å². The van der Waals surface area contributed by atoms with Crippen LogP contribution in [0.2, 0.25) is 0 Å². The minimum absolute atomic E-state index is 0.187. The smallest absolute Gasteiger partial charge is 0.316 e. The van der Waals surface area contributed by atoms with Crippen LogP contribution in [-0.4, -0.2) is 24.3 Å². The number of nitrogens with zero attached hydrogens (tertiary/aromatic N) is 5. The Bertz CT molecular complexity index is 1830. The molecule has 1 aliphatic rings. The largest absolute Gasteiger partial charge is 0.416 e. The number of aromatic nitrogens is 5. The molecule has 0 amide bonds. The average Bonchev–Trinajstić information content (AvgIpc) is 3.66. The number of hydrogen-bond acceptors (Lipinski definition) is 5. The number of benzene rings is 3. The fraction of sp³-hybridized carbons (Fsp3) is 0.273. The summed E-state index contributed by atoms with van der Waals surface area (Å²) < 4.78 is 56.3. The summed E-state index contributed by atoms with van der Waals surface area (Å²) in [5.74, 6) is 1.79. The quantitative estimate of drug-likeness (QED) is 0.100. The Morgan fingerprint density at radius 2 is 1.45 bits per heavy atom. The molecule has 0 spiro atoms. The summed E-state index contributed by atoms with van der Waals surface area (Å²) in [7, 11) is 0. The Morgan fingerprint density at radius 1 is 0.818 bits per heavy atom. The van der Waals surface area contributed by atoms with Crippen LogP contribution >= 0.6 is 11.8 Å². The number of halogens is 4. The zero-order valence-corrected chi connectivity index (χ0v) is 24.8. The first-order valence-corrected chi connectivity index (χ1v) is 15.4. The van der Waals surface area contributed by atoms with Gasteiger partial charge < -0.3 is 9.13 Å². The highest BCUT2D eigenvalue weighted by Gasteiger charge is 2.30. The Balaban J connectivity index is 1.22. The van der Waals surface area contributed by atoms with Crippen molar-refractivity contribution < 1.29 is 17.6 Å². The molecule has 0 bridgehead atoms. The van der Waals surface area contributed by atoms with Gasteiger partial charge in [0.1, 0.15) is 11.6 Å². The normalized spacial score (nSPS) is 12.9. The molecule has 6 rings (SSSR count). The van der Waals surface area contributed by atoms with Crippen LogP contribution in [-0.2, 0) is 44.3 Å². The summed E-state index contributed by atoms with van der Waals surface area (Å²) in [6.45, 7) is 3.09. The van der Waals surface area contributed by atoms with Crippen molar-refractivity contribution in [2.45, 2.75) is 62.8 Å². The van der Waals surface area contributed by atoms with E-state index in [0.717, 1.165) is 64.6 Å². The molecule has 0 unspecified atom stereocenters. The van der Waals surface area contributed by atoms with Crippen molar-refractivity contribution in [2.24, 2.45) is 0 Å². The van der Waals surface area contributed by atoms with Crippen LogP contribution in [0.3, 0.4) is 0 Å². The lowest BCUT2D eigenvalue weighted by atomic mass is 10.0. The molecule has 0 atom stereocenters. The molecule has 5 aromatic rings. The van der Waals surface area contributed by atoms with E-state index in [9.17, 15) is 22.4 Å². The Hall–Kier alpha value is -4.25. The second-order valence-electron chi connectivity index (χ2n) is 10.7. The number of thioether (sulfide) groups is 1. The molecule has 0 saturated carbocycles. The third-order valence-corrected chi connectivity index (χ3v) is 8.91. The molecule has 0 radical (unpaired) electrons. The van der Waals surface area contributed by atoms with Gasteiger partial charge in [0.25, 0.3) is 5.56 Å². The Labute approximate surface area is 255 Å². The lowest BCUT2D eigenvalue weighted by Crippen LogP contribution is -2.23. The van der Waals surface area contributed by atoms with Crippen LogP contribution in [0.5, 0.6) is 0 Å². The summed E-state index contributed by atoms with van der Waals surface area (Å²) in [5, 5.41) is 9.64. The van der Waals surface area contributed by atoms with Gasteiger partial charge in [-0.25, -0.2) is 4.39 Å².